The Kier molecular flexibility index (Phi) is 4.41. The molecular formula is C15H16N2O5S2. The molecule has 7 nitrogen and oxygen atoms in total. The molecule has 9 heteroatoms. The molecule has 24 heavy (non-hydrogen) atoms. The van der Waals surface area contributed by atoms with Gasteiger partial charge in [-0.25, -0.2) is 4.79 Å². The maximum absolute atomic E-state index is 12.6. The van der Waals surface area contributed by atoms with E-state index in [4.69, 9.17) is 4.74 Å². The number of amides is 2. The fourth-order valence-corrected chi connectivity index (χ4v) is 4.95. The molecular weight excluding hydrogens is 352 g/mol. The van der Waals surface area contributed by atoms with Crippen molar-refractivity contribution in [2.24, 2.45) is 0 Å². The monoisotopic (exact) mass is 368 g/mol. The molecule has 2 N–H and O–H groups in total. The van der Waals surface area contributed by atoms with Crippen LogP contribution in [0.2, 0.25) is 0 Å². The molecule has 2 atom stereocenters. The number of nitrogens with zero attached hydrogens (tertiary/aromatic N) is 1. The van der Waals surface area contributed by atoms with Crippen molar-refractivity contribution < 1.29 is 24.2 Å². The first kappa shape index (κ1) is 17.0. The summed E-state index contributed by atoms with van der Waals surface area (Å²) in [4.78, 5) is 38.4. The topological polar surface area (TPSA) is 95.9 Å². The molecule has 2 unspecified atom stereocenters. The number of methoxy groups -OCH3 is 1. The van der Waals surface area contributed by atoms with Crippen LogP contribution in [0.25, 0.3) is 0 Å². The van der Waals surface area contributed by atoms with E-state index in [2.05, 4.69) is 5.32 Å². The Hall–Kier alpha value is -1.84. The van der Waals surface area contributed by atoms with E-state index in [1.807, 2.05) is 17.5 Å². The maximum atomic E-state index is 12.6. The van der Waals surface area contributed by atoms with Crippen LogP contribution >= 0.6 is 23.1 Å². The SMILES string of the molecule is COC1(NC(=O)Cc2cccs2)C(=O)N2C(C(=O)O)=C(C)CSC21. The van der Waals surface area contributed by atoms with Crippen molar-refractivity contribution in [1.82, 2.24) is 10.2 Å². The first-order valence-corrected chi connectivity index (χ1v) is 9.10. The number of ether oxygens (including phenoxy) is 1. The molecule has 128 valence electrons. The van der Waals surface area contributed by atoms with E-state index in [-0.39, 0.29) is 18.0 Å². The summed E-state index contributed by atoms with van der Waals surface area (Å²) in [6.07, 6.45) is 0.147. The van der Waals surface area contributed by atoms with E-state index >= 15 is 0 Å². The molecule has 2 aliphatic rings. The number of thiophene rings is 1. The molecule has 1 saturated heterocycles. The van der Waals surface area contributed by atoms with Crippen LogP contribution in [0, 0.1) is 0 Å². The van der Waals surface area contributed by atoms with Gasteiger partial charge in [0.25, 0.3) is 11.6 Å². The van der Waals surface area contributed by atoms with Crippen LogP contribution in [0.5, 0.6) is 0 Å². The van der Waals surface area contributed by atoms with Gasteiger partial charge in [-0.2, -0.15) is 0 Å². The van der Waals surface area contributed by atoms with E-state index in [9.17, 15) is 19.5 Å². The van der Waals surface area contributed by atoms with Crippen molar-refractivity contribution in [2.75, 3.05) is 12.9 Å². The minimum absolute atomic E-state index is 0.0241. The van der Waals surface area contributed by atoms with Crippen LogP contribution in [-0.2, 0) is 25.5 Å². The van der Waals surface area contributed by atoms with Crippen LogP contribution < -0.4 is 5.32 Å². The molecule has 2 amide bonds. The van der Waals surface area contributed by atoms with Gasteiger partial charge in [0.15, 0.2) is 0 Å². The number of carbonyl (C=O) groups is 3. The first-order chi connectivity index (χ1) is 11.4. The van der Waals surface area contributed by atoms with Gasteiger partial charge in [0, 0.05) is 17.7 Å². The molecule has 0 radical (unpaired) electrons. The lowest BCUT2D eigenvalue weighted by Gasteiger charge is -2.55. The van der Waals surface area contributed by atoms with Crippen LogP contribution in [0.3, 0.4) is 0 Å². The Bertz CT molecular complexity index is 730. The van der Waals surface area contributed by atoms with Gasteiger partial charge in [-0.3, -0.25) is 14.5 Å². The lowest BCUT2D eigenvalue weighted by molar-refractivity contribution is -0.192. The molecule has 0 aromatic carbocycles. The number of aliphatic carboxylic acids is 1. The molecule has 0 saturated carbocycles. The zero-order valence-corrected chi connectivity index (χ0v) is 14.7. The van der Waals surface area contributed by atoms with E-state index < -0.39 is 23.0 Å². The molecule has 0 aliphatic carbocycles. The number of thioether (sulfide) groups is 1. The smallest absolute Gasteiger partial charge is 0.352 e. The summed E-state index contributed by atoms with van der Waals surface area (Å²) in [5, 5.41) is 13.3. The third kappa shape index (κ3) is 2.52. The van der Waals surface area contributed by atoms with Crippen LogP contribution in [0.1, 0.15) is 11.8 Å². The number of carbonyl (C=O) groups excluding carboxylic acids is 2. The zero-order valence-electron chi connectivity index (χ0n) is 13.1. The second-order valence-corrected chi connectivity index (χ2v) is 7.62. The fraction of sp³-hybridized carbons (Fsp3) is 0.400. The maximum Gasteiger partial charge on any atom is 0.352 e. The van der Waals surface area contributed by atoms with Gasteiger partial charge in [0.2, 0.25) is 5.91 Å². The van der Waals surface area contributed by atoms with E-state index in [1.165, 1.54) is 35.1 Å². The normalized spacial score (nSPS) is 26.0. The zero-order chi connectivity index (χ0) is 17.5. The summed E-state index contributed by atoms with van der Waals surface area (Å²) in [5.41, 5.74) is -0.920. The Balaban J connectivity index is 1.81. The highest BCUT2D eigenvalue weighted by Crippen LogP contribution is 2.46. The number of hydrogen-bond donors (Lipinski definition) is 2. The van der Waals surface area contributed by atoms with Crippen LogP contribution in [-0.4, -0.2) is 51.8 Å². The Morgan fingerprint density at radius 1 is 1.54 bits per heavy atom. The fourth-order valence-electron chi connectivity index (χ4n) is 2.86. The van der Waals surface area contributed by atoms with Gasteiger partial charge in [0.1, 0.15) is 11.1 Å². The molecule has 3 heterocycles. The Morgan fingerprint density at radius 2 is 2.29 bits per heavy atom. The number of carboxylic acids is 1. The van der Waals surface area contributed by atoms with Crippen molar-refractivity contribution in [1.29, 1.82) is 0 Å². The highest BCUT2D eigenvalue weighted by Gasteiger charge is 2.66. The third-order valence-corrected chi connectivity index (χ3v) is 6.32. The van der Waals surface area contributed by atoms with E-state index in [1.54, 1.807) is 6.92 Å². The van der Waals surface area contributed by atoms with Gasteiger partial charge >= 0.3 is 5.97 Å². The molecule has 2 aliphatic heterocycles. The summed E-state index contributed by atoms with van der Waals surface area (Å²) in [6.45, 7) is 1.68. The third-order valence-electron chi connectivity index (χ3n) is 3.99. The van der Waals surface area contributed by atoms with Crippen LogP contribution in [0.4, 0.5) is 0 Å². The van der Waals surface area contributed by atoms with Gasteiger partial charge in [-0.05, 0) is 23.9 Å². The van der Waals surface area contributed by atoms with Gasteiger partial charge in [-0.1, -0.05) is 6.07 Å². The van der Waals surface area contributed by atoms with E-state index in [0.717, 1.165) is 4.88 Å². The minimum atomic E-state index is -1.51. The number of nitrogens with one attached hydrogen (secondary N) is 1. The van der Waals surface area contributed by atoms with E-state index in [0.29, 0.717) is 11.3 Å². The number of β-lactam (4-membered cyclic amide) rings is 1. The molecule has 1 aromatic heterocycles. The number of hydrogen-bond acceptors (Lipinski definition) is 6. The van der Waals surface area contributed by atoms with Crippen molar-refractivity contribution in [2.45, 2.75) is 24.4 Å². The molecule has 1 aromatic rings. The minimum Gasteiger partial charge on any atom is -0.477 e. The molecule has 0 bridgehead atoms. The second-order valence-electron chi connectivity index (χ2n) is 5.52. The van der Waals surface area contributed by atoms with Crippen molar-refractivity contribution >= 4 is 40.9 Å². The van der Waals surface area contributed by atoms with Crippen molar-refractivity contribution in [3.63, 3.8) is 0 Å². The Morgan fingerprint density at radius 3 is 2.88 bits per heavy atom. The lowest BCUT2D eigenvalue weighted by Crippen LogP contribution is -2.80. The van der Waals surface area contributed by atoms with Gasteiger partial charge in [-0.15, -0.1) is 23.1 Å². The average Bonchev–Trinajstić information content (AvgIpc) is 3.04. The van der Waals surface area contributed by atoms with Gasteiger partial charge < -0.3 is 15.2 Å². The van der Waals surface area contributed by atoms with Crippen molar-refractivity contribution in [3.05, 3.63) is 33.7 Å². The van der Waals surface area contributed by atoms with Crippen LogP contribution in [0.15, 0.2) is 28.8 Å². The molecule has 0 spiro atoms. The largest absolute Gasteiger partial charge is 0.477 e. The van der Waals surface area contributed by atoms with Crippen molar-refractivity contribution in [3.8, 4) is 0 Å². The lowest BCUT2D eigenvalue weighted by atomic mass is 9.98. The summed E-state index contributed by atoms with van der Waals surface area (Å²) in [5.74, 6) is -1.59. The number of rotatable bonds is 5. The molecule has 1 fully saturated rings. The molecule has 3 rings (SSSR count). The standard InChI is InChI=1S/C15H16N2O5S2/c1-8-7-24-14-15(22-2,13(21)17(14)11(8)12(19)20)16-10(18)6-9-4-3-5-23-9/h3-5,14H,6-7H2,1-2H3,(H,16,18)(H,19,20). The predicted molar refractivity (Wildman–Crippen MR) is 89.3 cm³/mol. The number of fused-ring (bicyclic) bond motifs is 1. The quantitative estimate of drug-likeness (QED) is 0.595. The summed E-state index contributed by atoms with van der Waals surface area (Å²) in [6, 6.07) is 3.68. The van der Waals surface area contributed by atoms with Gasteiger partial charge in [0.05, 0.1) is 6.42 Å². The average molecular weight is 368 g/mol. The first-order valence-electron chi connectivity index (χ1n) is 7.17. The Labute approximate surface area is 146 Å². The highest BCUT2D eigenvalue weighted by atomic mass is 32.2. The highest BCUT2D eigenvalue weighted by molar-refractivity contribution is 8.00. The number of carboxylic acid groups (broad SMARTS) is 1. The summed E-state index contributed by atoms with van der Waals surface area (Å²) < 4.78 is 5.35. The summed E-state index contributed by atoms with van der Waals surface area (Å²) in [7, 11) is 1.34. The second kappa shape index (κ2) is 6.23. The predicted octanol–water partition coefficient (Wildman–Crippen LogP) is 1.02. The summed E-state index contributed by atoms with van der Waals surface area (Å²) >= 11 is 2.83.